The molecule has 2 N–H and O–H groups in total. The predicted octanol–water partition coefficient (Wildman–Crippen LogP) is 4.76. The highest BCUT2D eigenvalue weighted by molar-refractivity contribution is 7.18. The summed E-state index contributed by atoms with van der Waals surface area (Å²) < 4.78 is 6.95. The fraction of sp³-hybridized carbons (Fsp3) is 0.350. The van der Waals surface area contributed by atoms with Crippen LogP contribution in [-0.4, -0.2) is 18.1 Å². The summed E-state index contributed by atoms with van der Waals surface area (Å²) in [6, 6.07) is 16.6. The van der Waals surface area contributed by atoms with Crippen molar-refractivity contribution >= 4 is 21.6 Å². The zero-order chi connectivity index (χ0) is 16.8. The fourth-order valence-electron chi connectivity index (χ4n) is 2.68. The van der Waals surface area contributed by atoms with Crippen molar-refractivity contribution in [1.82, 2.24) is 4.98 Å². The van der Waals surface area contributed by atoms with E-state index in [2.05, 4.69) is 49.4 Å². The van der Waals surface area contributed by atoms with E-state index in [0.717, 1.165) is 42.1 Å². The summed E-state index contributed by atoms with van der Waals surface area (Å²) in [6.07, 6.45) is 3.15. The average molecular weight is 340 g/mol. The molecule has 0 fully saturated rings. The topological polar surface area (TPSA) is 48.1 Å². The van der Waals surface area contributed by atoms with Crippen LogP contribution in [0.3, 0.4) is 0 Å². The van der Waals surface area contributed by atoms with Crippen LogP contribution < -0.4 is 10.5 Å². The van der Waals surface area contributed by atoms with Gasteiger partial charge in [-0.3, -0.25) is 0 Å². The number of unbranched alkanes of at least 4 members (excludes halogenated alkanes) is 1. The molecule has 3 aromatic rings. The molecule has 24 heavy (non-hydrogen) atoms. The van der Waals surface area contributed by atoms with Crippen LogP contribution in [0.5, 0.6) is 5.75 Å². The molecule has 126 valence electrons. The first-order valence-corrected chi connectivity index (χ1v) is 9.39. The minimum atomic E-state index is 0.259. The summed E-state index contributed by atoms with van der Waals surface area (Å²) in [5.74, 6) is 1.20. The Hall–Kier alpha value is -1.91. The Morgan fingerprint density at radius 1 is 1.12 bits per heavy atom. The van der Waals surface area contributed by atoms with Crippen molar-refractivity contribution in [2.45, 2.75) is 32.1 Å². The Labute approximate surface area is 147 Å². The van der Waals surface area contributed by atoms with Crippen molar-refractivity contribution in [1.29, 1.82) is 0 Å². The van der Waals surface area contributed by atoms with E-state index in [0.29, 0.717) is 6.54 Å². The number of thiazole rings is 1. The van der Waals surface area contributed by atoms with Crippen molar-refractivity contribution in [3.05, 3.63) is 59.1 Å². The van der Waals surface area contributed by atoms with Crippen LogP contribution in [0.25, 0.3) is 10.2 Å². The molecule has 0 aliphatic rings. The third-order valence-corrected chi connectivity index (χ3v) is 5.32. The zero-order valence-electron chi connectivity index (χ0n) is 14.1. The minimum absolute atomic E-state index is 0.259. The molecule has 1 aromatic heterocycles. The van der Waals surface area contributed by atoms with E-state index in [-0.39, 0.29) is 5.92 Å². The van der Waals surface area contributed by atoms with Crippen LogP contribution in [0.4, 0.5) is 0 Å². The quantitative estimate of drug-likeness (QED) is 0.601. The van der Waals surface area contributed by atoms with Crippen LogP contribution in [-0.2, 0) is 6.42 Å². The summed E-state index contributed by atoms with van der Waals surface area (Å²) >= 11 is 1.75. The lowest BCUT2D eigenvalue weighted by molar-refractivity contribution is 0.309. The highest BCUT2D eigenvalue weighted by Crippen LogP contribution is 2.29. The summed E-state index contributed by atoms with van der Waals surface area (Å²) in [7, 11) is 0. The van der Waals surface area contributed by atoms with E-state index in [9.17, 15) is 0 Å². The lowest BCUT2D eigenvalue weighted by Crippen LogP contribution is -2.14. The van der Waals surface area contributed by atoms with E-state index in [1.54, 1.807) is 11.3 Å². The van der Waals surface area contributed by atoms with Gasteiger partial charge in [-0.25, -0.2) is 4.98 Å². The number of fused-ring (bicyclic) bond motifs is 1. The Morgan fingerprint density at radius 2 is 1.92 bits per heavy atom. The van der Waals surface area contributed by atoms with E-state index < -0.39 is 0 Å². The summed E-state index contributed by atoms with van der Waals surface area (Å²) in [4.78, 5) is 4.76. The third-order valence-electron chi connectivity index (χ3n) is 4.12. The average Bonchev–Trinajstić information content (AvgIpc) is 3.05. The molecule has 2 aromatic carbocycles. The van der Waals surface area contributed by atoms with Gasteiger partial charge in [-0.15, -0.1) is 11.3 Å². The van der Waals surface area contributed by atoms with Gasteiger partial charge in [0.05, 0.1) is 21.8 Å². The second kappa shape index (κ2) is 8.27. The SMILES string of the molecule is CCCCOc1ccc(CC(CN)c2nc3ccccc3s2)cc1. The fourth-order valence-corrected chi connectivity index (χ4v) is 3.76. The van der Waals surface area contributed by atoms with Gasteiger partial charge in [0.1, 0.15) is 5.75 Å². The number of aromatic nitrogens is 1. The molecule has 4 heteroatoms. The molecule has 0 saturated heterocycles. The molecule has 0 radical (unpaired) electrons. The van der Waals surface area contributed by atoms with Crippen molar-refractivity contribution in [2.75, 3.05) is 13.2 Å². The van der Waals surface area contributed by atoms with Gasteiger partial charge in [0, 0.05) is 12.5 Å². The maximum Gasteiger partial charge on any atom is 0.119 e. The number of nitrogens with two attached hydrogens (primary N) is 1. The molecule has 0 amide bonds. The maximum absolute atomic E-state index is 6.03. The number of nitrogens with zero attached hydrogens (tertiary/aromatic N) is 1. The van der Waals surface area contributed by atoms with E-state index in [4.69, 9.17) is 15.5 Å². The van der Waals surface area contributed by atoms with Crippen LogP contribution >= 0.6 is 11.3 Å². The Bertz CT molecular complexity index is 734. The molecule has 0 aliphatic heterocycles. The van der Waals surface area contributed by atoms with Crippen molar-refractivity contribution < 1.29 is 4.74 Å². The number of para-hydroxylation sites is 1. The van der Waals surface area contributed by atoms with E-state index in [1.807, 2.05) is 6.07 Å². The van der Waals surface area contributed by atoms with Gasteiger partial charge < -0.3 is 10.5 Å². The van der Waals surface area contributed by atoms with Gasteiger partial charge in [-0.2, -0.15) is 0 Å². The molecule has 0 saturated carbocycles. The standard InChI is InChI=1S/C20H24N2OS/c1-2-3-12-23-17-10-8-15(9-11-17)13-16(14-21)20-22-18-6-4-5-7-19(18)24-20/h4-11,16H,2-3,12-14,21H2,1H3. The van der Waals surface area contributed by atoms with Crippen molar-refractivity contribution in [3.63, 3.8) is 0 Å². The van der Waals surface area contributed by atoms with E-state index in [1.165, 1.54) is 10.3 Å². The number of ether oxygens (including phenoxy) is 1. The number of rotatable bonds is 8. The van der Waals surface area contributed by atoms with Crippen LogP contribution in [0.15, 0.2) is 48.5 Å². The monoisotopic (exact) mass is 340 g/mol. The Morgan fingerprint density at radius 3 is 2.62 bits per heavy atom. The van der Waals surface area contributed by atoms with Gasteiger partial charge in [0.25, 0.3) is 0 Å². The molecule has 1 heterocycles. The van der Waals surface area contributed by atoms with Gasteiger partial charge in [0.15, 0.2) is 0 Å². The molecule has 0 aliphatic carbocycles. The van der Waals surface area contributed by atoms with Gasteiger partial charge in [-0.05, 0) is 42.7 Å². The van der Waals surface area contributed by atoms with Crippen LogP contribution in [0.2, 0.25) is 0 Å². The summed E-state index contributed by atoms with van der Waals surface area (Å²) in [5.41, 5.74) is 8.36. The smallest absolute Gasteiger partial charge is 0.119 e. The highest BCUT2D eigenvalue weighted by Gasteiger charge is 2.15. The van der Waals surface area contributed by atoms with Crippen LogP contribution in [0.1, 0.15) is 36.3 Å². The Balaban J connectivity index is 1.68. The second-order valence-corrected chi connectivity index (χ2v) is 7.06. The highest BCUT2D eigenvalue weighted by atomic mass is 32.1. The second-order valence-electron chi connectivity index (χ2n) is 6.00. The number of benzene rings is 2. The Kier molecular flexibility index (Phi) is 5.83. The minimum Gasteiger partial charge on any atom is -0.494 e. The first-order valence-electron chi connectivity index (χ1n) is 8.57. The molecule has 3 rings (SSSR count). The molecular weight excluding hydrogens is 316 g/mol. The normalized spacial score (nSPS) is 12.4. The number of hydrogen-bond donors (Lipinski definition) is 1. The lowest BCUT2D eigenvalue weighted by Gasteiger charge is -2.12. The predicted molar refractivity (Wildman–Crippen MR) is 102 cm³/mol. The summed E-state index contributed by atoms with van der Waals surface area (Å²) in [5, 5.41) is 1.13. The van der Waals surface area contributed by atoms with Gasteiger partial charge >= 0.3 is 0 Å². The van der Waals surface area contributed by atoms with Gasteiger partial charge in [0.2, 0.25) is 0 Å². The first-order chi connectivity index (χ1) is 11.8. The third kappa shape index (κ3) is 4.13. The molecule has 1 unspecified atom stereocenters. The first kappa shape index (κ1) is 16.9. The molecule has 1 atom stereocenters. The molecule has 3 nitrogen and oxygen atoms in total. The number of hydrogen-bond acceptors (Lipinski definition) is 4. The van der Waals surface area contributed by atoms with Crippen LogP contribution in [0, 0.1) is 0 Å². The lowest BCUT2D eigenvalue weighted by atomic mass is 10.00. The zero-order valence-corrected chi connectivity index (χ0v) is 14.9. The molecular formula is C20H24N2OS. The molecule has 0 bridgehead atoms. The largest absolute Gasteiger partial charge is 0.494 e. The van der Waals surface area contributed by atoms with E-state index >= 15 is 0 Å². The van der Waals surface area contributed by atoms with Gasteiger partial charge in [-0.1, -0.05) is 37.6 Å². The summed E-state index contributed by atoms with van der Waals surface area (Å²) in [6.45, 7) is 3.56. The van der Waals surface area contributed by atoms with Crippen molar-refractivity contribution in [2.24, 2.45) is 5.73 Å². The molecule has 0 spiro atoms. The maximum atomic E-state index is 6.03. The van der Waals surface area contributed by atoms with Crippen molar-refractivity contribution in [3.8, 4) is 5.75 Å².